The molecule has 0 fully saturated rings. The molecule has 2 aromatic rings. The Kier molecular flexibility index (Phi) is 3.73. The summed E-state index contributed by atoms with van der Waals surface area (Å²) >= 11 is 11.9. The van der Waals surface area contributed by atoms with Crippen LogP contribution >= 0.6 is 23.2 Å². The van der Waals surface area contributed by atoms with Crippen molar-refractivity contribution in [2.24, 2.45) is 0 Å². The van der Waals surface area contributed by atoms with E-state index >= 15 is 0 Å². The third kappa shape index (κ3) is 2.28. The van der Waals surface area contributed by atoms with Gasteiger partial charge in [-0.3, -0.25) is 0 Å². The second-order valence-corrected chi connectivity index (χ2v) is 4.84. The zero-order chi connectivity index (χ0) is 13.3. The fourth-order valence-corrected chi connectivity index (χ4v) is 2.06. The van der Waals surface area contributed by atoms with Gasteiger partial charge in [-0.15, -0.1) is 10.2 Å². The molecule has 5 heteroatoms. The van der Waals surface area contributed by atoms with Crippen molar-refractivity contribution in [1.29, 1.82) is 0 Å². The molecular weight excluding hydrogens is 269 g/mol. The number of hydrogen-bond donors (Lipinski definition) is 1. The Morgan fingerprint density at radius 3 is 2.33 bits per heavy atom. The molecule has 0 unspecified atom stereocenters. The summed E-state index contributed by atoms with van der Waals surface area (Å²) < 4.78 is 0. The van der Waals surface area contributed by atoms with Crippen LogP contribution in [0, 0.1) is 13.8 Å². The molecule has 1 heterocycles. The van der Waals surface area contributed by atoms with Gasteiger partial charge in [0.15, 0.2) is 5.82 Å². The predicted octanol–water partition coefficient (Wildman–Crippen LogP) is 4.11. The van der Waals surface area contributed by atoms with Gasteiger partial charge >= 0.3 is 0 Å². The molecule has 2 rings (SSSR count). The van der Waals surface area contributed by atoms with Crippen LogP contribution < -0.4 is 5.32 Å². The maximum absolute atomic E-state index is 6.02. The fourth-order valence-electron chi connectivity index (χ4n) is 1.76. The maximum atomic E-state index is 6.02. The van der Waals surface area contributed by atoms with Gasteiger partial charge in [-0.1, -0.05) is 29.3 Å². The highest BCUT2D eigenvalue weighted by Gasteiger charge is 2.11. The first-order valence-corrected chi connectivity index (χ1v) is 6.27. The monoisotopic (exact) mass is 281 g/mol. The maximum Gasteiger partial charge on any atom is 0.151 e. The van der Waals surface area contributed by atoms with Gasteiger partial charge in [-0.25, -0.2) is 0 Å². The van der Waals surface area contributed by atoms with Crippen LogP contribution in [-0.2, 0) is 0 Å². The lowest BCUT2D eigenvalue weighted by Gasteiger charge is -2.11. The second-order valence-electron chi connectivity index (χ2n) is 4.03. The second kappa shape index (κ2) is 5.12. The third-order valence-corrected chi connectivity index (χ3v) is 3.69. The number of anilines is 1. The number of halogens is 2. The summed E-state index contributed by atoms with van der Waals surface area (Å²) in [6.07, 6.45) is 0. The van der Waals surface area contributed by atoms with Gasteiger partial charge in [0.25, 0.3) is 0 Å². The van der Waals surface area contributed by atoms with Gasteiger partial charge in [-0.05, 0) is 37.1 Å². The minimum atomic E-state index is 0.519. The van der Waals surface area contributed by atoms with Crippen LogP contribution in [-0.4, -0.2) is 17.2 Å². The van der Waals surface area contributed by atoms with Gasteiger partial charge in [0.05, 0.1) is 15.7 Å². The average molecular weight is 282 g/mol. The lowest BCUT2D eigenvalue weighted by atomic mass is 10.0. The molecular formula is C13H13Cl2N3. The van der Waals surface area contributed by atoms with Crippen molar-refractivity contribution in [3.05, 3.63) is 39.4 Å². The number of benzene rings is 1. The topological polar surface area (TPSA) is 37.8 Å². The van der Waals surface area contributed by atoms with E-state index in [0.717, 1.165) is 28.2 Å². The molecule has 0 atom stereocenters. The van der Waals surface area contributed by atoms with Gasteiger partial charge in [0, 0.05) is 12.6 Å². The van der Waals surface area contributed by atoms with Crippen molar-refractivity contribution in [1.82, 2.24) is 10.2 Å². The standard InChI is InChI=1S/C13H13Cl2N3/c1-7-8(2)13(16-3)18-17-12(7)9-4-5-10(14)11(15)6-9/h4-6H,1-3H3,(H,16,18). The number of rotatable bonds is 2. The lowest BCUT2D eigenvalue weighted by molar-refractivity contribution is 1.00. The Bertz CT molecular complexity index is 597. The minimum Gasteiger partial charge on any atom is -0.371 e. The van der Waals surface area contributed by atoms with E-state index in [1.54, 1.807) is 12.1 Å². The largest absolute Gasteiger partial charge is 0.371 e. The van der Waals surface area contributed by atoms with Crippen molar-refractivity contribution >= 4 is 29.0 Å². The van der Waals surface area contributed by atoms with E-state index in [4.69, 9.17) is 23.2 Å². The van der Waals surface area contributed by atoms with Crippen LogP contribution in [0.3, 0.4) is 0 Å². The minimum absolute atomic E-state index is 0.519. The highest BCUT2D eigenvalue weighted by molar-refractivity contribution is 6.42. The molecule has 94 valence electrons. The Morgan fingerprint density at radius 2 is 1.72 bits per heavy atom. The first-order valence-electron chi connectivity index (χ1n) is 5.51. The number of aromatic nitrogens is 2. The summed E-state index contributed by atoms with van der Waals surface area (Å²) in [7, 11) is 1.83. The highest BCUT2D eigenvalue weighted by atomic mass is 35.5. The Morgan fingerprint density at radius 1 is 1.00 bits per heavy atom. The normalized spacial score (nSPS) is 10.5. The van der Waals surface area contributed by atoms with Crippen molar-refractivity contribution < 1.29 is 0 Å². The quantitative estimate of drug-likeness (QED) is 0.900. The molecule has 0 aliphatic rings. The summed E-state index contributed by atoms with van der Waals surface area (Å²) in [5.41, 5.74) is 3.89. The summed E-state index contributed by atoms with van der Waals surface area (Å²) in [6, 6.07) is 5.46. The molecule has 0 bridgehead atoms. The van der Waals surface area contributed by atoms with E-state index in [1.165, 1.54) is 0 Å². The average Bonchev–Trinajstić information content (AvgIpc) is 2.36. The third-order valence-electron chi connectivity index (χ3n) is 2.95. The Labute approximate surface area is 116 Å². The zero-order valence-electron chi connectivity index (χ0n) is 10.4. The molecule has 1 aromatic heterocycles. The summed E-state index contributed by atoms with van der Waals surface area (Å²) in [6.45, 7) is 4.03. The molecule has 0 radical (unpaired) electrons. The summed E-state index contributed by atoms with van der Waals surface area (Å²) in [4.78, 5) is 0. The number of hydrogen-bond acceptors (Lipinski definition) is 3. The lowest BCUT2D eigenvalue weighted by Crippen LogP contribution is -2.02. The van der Waals surface area contributed by atoms with E-state index in [0.29, 0.717) is 10.0 Å². The first-order chi connectivity index (χ1) is 8.54. The highest BCUT2D eigenvalue weighted by Crippen LogP contribution is 2.30. The van der Waals surface area contributed by atoms with E-state index < -0.39 is 0 Å². The van der Waals surface area contributed by atoms with E-state index in [-0.39, 0.29) is 0 Å². The van der Waals surface area contributed by atoms with Crippen LogP contribution in [0.25, 0.3) is 11.3 Å². The van der Waals surface area contributed by atoms with Crippen molar-refractivity contribution in [3.63, 3.8) is 0 Å². The predicted molar refractivity (Wildman–Crippen MR) is 76.5 cm³/mol. The first kappa shape index (κ1) is 13.1. The molecule has 1 aromatic carbocycles. The SMILES string of the molecule is CNc1nnc(-c2ccc(Cl)c(Cl)c2)c(C)c1C. The van der Waals surface area contributed by atoms with Crippen LogP contribution in [0.1, 0.15) is 11.1 Å². The molecule has 0 aliphatic carbocycles. The van der Waals surface area contributed by atoms with E-state index in [2.05, 4.69) is 15.5 Å². The molecule has 18 heavy (non-hydrogen) atoms. The number of nitrogens with zero attached hydrogens (tertiary/aromatic N) is 2. The summed E-state index contributed by atoms with van der Waals surface area (Å²) in [5.74, 6) is 0.788. The molecule has 0 saturated heterocycles. The van der Waals surface area contributed by atoms with Crippen molar-refractivity contribution in [2.45, 2.75) is 13.8 Å². The van der Waals surface area contributed by atoms with E-state index in [1.807, 2.05) is 27.0 Å². The van der Waals surface area contributed by atoms with Gasteiger partial charge in [-0.2, -0.15) is 0 Å². The van der Waals surface area contributed by atoms with Crippen LogP contribution in [0.4, 0.5) is 5.82 Å². The number of nitrogens with one attached hydrogen (secondary N) is 1. The molecule has 0 saturated carbocycles. The van der Waals surface area contributed by atoms with Gasteiger partial charge < -0.3 is 5.32 Å². The molecule has 1 N–H and O–H groups in total. The molecule has 0 aliphatic heterocycles. The smallest absolute Gasteiger partial charge is 0.151 e. The van der Waals surface area contributed by atoms with Crippen molar-refractivity contribution in [2.75, 3.05) is 12.4 Å². The van der Waals surface area contributed by atoms with Crippen LogP contribution in [0.15, 0.2) is 18.2 Å². The summed E-state index contributed by atoms with van der Waals surface area (Å²) in [5, 5.41) is 12.5. The van der Waals surface area contributed by atoms with Crippen LogP contribution in [0.2, 0.25) is 10.0 Å². The fraction of sp³-hybridized carbons (Fsp3) is 0.231. The Hall–Kier alpha value is -1.32. The Balaban J connectivity index is 2.57. The van der Waals surface area contributed by atoms with Crippen molar-refractivity contribution in [3.8, 4) is 11.3 Å². The van der Waals surface area contributed by atoms with Gasteiger partial charge in [0.2, 0.25) is 0 Å². The van der Waals surface area contributed by atoms with Gasteiger partial charge in [0.1, 0.15) is 0 Å². The molecule has 0 amide bonds. The molecule has 0 spiro atoms. The van der Waals surface area contributed by atoms with Crippen LogP contribution in [0.5, 0.6) is 0 Å². The zero-order valence-corrected chi connectivity index (χ0v) is 11.9. The molecule has 3 nitrogen and oxygen atoms in total. The van der Waals surface area contributed by atoms with E-state index in [9.17, 15) is 0 Å².